The standard InChI is InChI=1S/C16H34O/c1-4-5-6-7-8-9-10-11-12-13-14-15-16(2)17-3/h16H,4-15H2,1-3H3. The summed E-state index contributed by atoms with van der Waals surface area (Å²) in [7, 11) is 1.81. The molecule has 0 bridgehead atoms. The average Bonchev–Trinajstić information content (AvgIpc) is 2.35. The molecule has 0 heterocycles. The van der Waals surface area contributed by atoms with E-state index in [1.165, 1.54) is 77.0 Å². The quantitative estimate of drug-likeness (QED) is 0.375. The van der Waals surface area contributed by atoms with E-state index in [1.807, 2.05) is 7.11 Å². The topological polar surface area (TPSA) is 9.23 Å². The van der Waals surface area contributed by atoms with E-state index in [2.05, 4.69) is 13.8 Å². The van der Waals surface area contributed by atoms with Gasteiger partial charge in [-0.3, -0.25) is 0 Å². The zero-order chi connectivity index (χ0) is 12.8. The molecule has 0 fully saturated rings. The van der Waals surface area contributed by atoms with Gasteiger partial charge in [-0.25, -0.2) is 0 Å². The summed E-state index contributed by atoms with van der Waals surface area (Å²) >= 11 is 0. The summed E-state index contributed by atoms with van der Waals surface area (Å²) in [6, 6.07) is 0. The normalized spacial score (nSPS) is 12.9. The van der Waals surface area contributed by atoms with Crippen molar-refractivity contribution in [3.05, 3.63) is 0 Å². The molecular formula is C16H34O. The first-order valence-corrected chi connectivity index (χ1v) is 7.84. The molecule has 1 unspecified atom stereocenters. The minimum absolute atomic E-state index is 0.452. The van der Waals surface area contributed by atoms with E-state index < -0.39 is 0 Å². The van der Waals surface area contributed by atoms with E-state index in [9.17, 15) is 0 Å². The van der Waals surface area contributed by atoms with Gasteiger partial charge in [0.2, 0.25) is 0 Å². The van der Waals surface area contributed by atoms with Crippen LogP contribution in [-0.4, -0.2) is 13.2 Å². The molecule has 17 heavy (non-hydrogen) atoms. The molecule has 0 aliphatic rings. The summed E-state index contributed by atoms with van der Waals surface area (Å²) in [5, 5.41) is 0. The Morgan fingerprint density at radius 2 is 1.12 bits per heavy atom. The molecule has 1 atom stereocenters. The van der Waals surface area contributed by atoms with Gasteiger partial charge in [-0.15, -0.1) is 0 Å². The van der Waals surface area contributed by atoms with Gasteiger partial charge in [-0.05, 0) is 13.3 Å². The van der Waals surface area contributed by atoms with Crippen molar-refractivity contribution in [3.8, 4) is 0 Å². The number of ether oxygens (including phenoxy) is 1. The first-order chi connectivity index (χ1) is 8.31. The SMILES string of the molecule is CCCCCCCCCCCCCC(C)OC. The molecule has 0 amide bonds. The van der Waals surface area contributed by atoms with Gasteiger partial charge in [0, 0.05) is 7.11 Å². The van der Waals surface area contributed by atoms with Crippen LogP contribution < -0.4 is 0 Å². The van der Waals surface area contributed by atoms with Crippen LogP contribution in [0.4, 0.5) is 0 Å². The lowest BCUT2D eigenvalue weighted by molar-refractivity contribution is 0.108. The van der Waals surface area contributed by atoms with Crippen LogP contribution in [0.15, 0.2) is 0 Å². The predicted octanol–water partition coefficient (Wildman–Crippen LogP) is 5.72. The van der Waals surface area contributed by atoms with Gasteiger partial charge >= 0.3 is 0 Å². The Morgan fingerprint density at radius 1 is 0.706 bits per heavy atom. The molecule has 0 radical (unpaired) electrons. The second-order valence-corrected chi connectivity index (χ2v) is 5.37. The van der Waals surface area contributed by atoms with Crippen LogP contribution in [0.5, 0.6) is 0 Å². The zero-order valence-electron chi connectivity index (χ0n) is 12.5. The number of hydrogen-bond acceptors (Lipinski definition) is 1. The fraction of sp³-hybridized carbons (Fsp3) is 1.00. The highest BCUT2D eigenvalue weighted by molar-refractivity contribution is 4.51. The lowest BCUT2D eigenvalue weighted by atomic mass is 10.0. The minimum atomic E-state index is 0.452. The highest BCUT2D eigenvalue weighted by atomic mass is 16.5. The molecule has 0 saturated carbocycles. The van der Waals surface area contributed by atoms with E-state index in [1.54, 1.807) is 0 Å². The van der Waals surface area contributed by atoms with E-state index in [0.717, 1.165) is 0 Å². The highest BCUT2D eigenvalue weighted by Gasteiger charge is 1.98. The van der Waals surface area contributed by atoms with Crippen molar-refractivity contribution in [2.24, 2.45) is 0 Å². The third-order valence-electron chi connectivity index (χ3n) is 3.62. The Morgan fingerprint density at radius 3 is 1.53 bits per heavy atom. The van der Waals surface area contributed by atoms with Crippen LogP contribution in [0.1, 0.15) is 90.9 Å². The van der Waals surface area contributed by atoms with Crippen molar-refractivity contribution in [3.63, 3.8) is 0 Å². The summed E-state index contributed by atoms with van der Waals surface area (Å²) in [5.41, 5.74) is 0. The van der Waals surface area contributed by atoms with E-state index >= 15 is 0 Å². The van der Waals surface area contributed by atoms with Crippen LogP contribution in [0, 0.1) is 0 Å². The van der Waals surface area contributed by atoms with Crippen molar-refractivity contribution < 1.29 is 4.74 Å². The third kappa shape index (κ3) is 13.9. The largest absolute Gasteiger partial charge is 0.382 e. The highest BCUT2D eigenvalue weighted by Crippen LogP contribution is 2.12. The van der Waals surface area contributed by atoms with Gasteiger partial charge < -0.3 is 4.74 Å². The van der Waals surface area contributed by atoms with Crippen LogP contribution in [0.3, 0.4) is 0 Å². The molecule has 0 aliphatic heterocycles. The molecule has 1 nitrogen and oxygen atoms in total. The molecule has 0 N–H and O–H groups in total. The fourth-order valence-electron chi connectivity index (χ4n) is 2.21. The van der Waals surface area contributed by atoms with Crippen LogP contribution >= 0.6 is 0 Å². The third-order valence-corrected chi connectivity index (χ3v) is 3.62. The molecule has 0 aliphatic carbocycles. The molecule has 0 aromatic rings. The summed E-state index contributed by atoms with van der Waals surface area (Å²) in [4.78, 5) is 0. The van der Waals surface area contributed by atoms with Gasteiger partial charge in [-0.1, -0.05) is 77.6 Å². The van der Waals surface area contributed by atoms with Crippen molar-refractivity contribution in [1.29, 1.82) is 0 Å². The maximum absolute atomic E-state index is 5.24. The smallest absolute Gasteiger partial charge is 0.0543 e. The summed E-state index contributed by atoms with van der Waals surface area (Å²) in [6.45, 7) is 4.45. The van der Waals surface area contributed by atoms with Gasteiger partial charge in [0.15, 0.2) is 0 Å². The number of unbranched alkanes of at least 4 members (excludes halogenated alkanes) is 10. The maximum atomic E-state index is 5.24. The van der Waals surface area contributed by atoms with Gasteiger partial charge in [0.05, 0.1) is 6.10 Å². The van der Waals surface area contributed by atoms with Crippen LogP contribution in [0.25, 0.3) is 0 Å². The molecule has 0 rings (SSSR count). The number of rotatable bonds is 13. The monoisotopic (exact) mass is 242 g/mol. The Kier molecular flexibility index (Phi) is 14.0. The Balaban J connectivity index is 2.94. The Labute approximate surface area is 109 Å². The van der Waals surface area contributed by atoms with Crippen molar-refractivity contribution in [2.75, 3.05) is 7.11 Å². The minimum Gasteiger partial charge on any atom is -0.382 e. The number of hydrogen-bond donors (Lipinski definition) is 0. The van der Waals surface area contributed by atoms with Crippen LogP contribution in [0.2, 0.25) is 0 Å². The molecule has 0 saturated heterocycles. The number of methoxy groups -OCH3 is 1. The van der Waals surface area contributed by atoms with Crippen molar-refractivity contribution in [2.45, 2.75) is 97.0 Å². The molecule has 0 aromatic carbocycles. The second kappa shape index (κ2) is 14.0. The summed E-state index contributed by atoms with van der Waals surface area (Å²) < 4.78 is 5.24. The van der Waals surface area contributed by atoms with E-state index in [0.29, 0.717) is 6.10 Å². The maximum Gasteiger partial charge on any atom is 0.0543 e. The molecule has 0 aromatic heterocycles. The molecule has 1 heteroatoms. The Hall–Kier alpha value is -0.0400. The van der Waals surface area contributed by atoms with Gasteiger partial charge in [0.25, 0.3) is 0 Å². The molecule has 104 valence electrons. The first kappa shape index (κ1) is 17.0. The average molecular weight is 242 g/mol. The van der Waals surface area contributed by atoms with Gasteiger partial charge in [-0.2, -0.15) is 0 Å². The Bertz CT molecular complexity index is 133. The summed E-state index contributed by atoms with van der Waals surface area (Å²) in [6.07, 6.45) is 17.3. The zero-order valence-corrected chi connectivity index (χ0v) is 12.5. The first-order valence-electron chi connectivity index (χ1n) is 7.84. The van der Waals surface area contributed by atoms with E-state index in [4.69, 9.17) is 4.74 Å². The second-order valence-electron chi connectivity index (χ2n) is 5.37. The van der Waals surface area contributed by atoms with Crippen molar-refractivity contribution >= 4 is 0 Å². The molecule has 0 spiro atoms. The van der Waals surface area contributed by atoms with Gasteiger partial charge in [0.1, 0.15) is 0 Å². The lowest BCUT2D eigenvalue weighted by Crippen LogP contribution is -2.03. The molecular weight excluding hydrogens is 208 g/mol. The van der Waals surface area contributed by atoms with Crippen molar-refractivity contribution in [1.82, 2.24) is 0 Å². The fourth-order valence-corrected chi connectivity index (χ4v) is 2.21. The lowest BCUT2D eigenvalue weighted by Gasteiger charge is -2.08. The summed E-state index contributed by atoms with van der Waals surface area (Å²) in [5.74, 6) is 0. The predicted molar refractivity (Wildman–Crippen MR) is 77.5 cm³/mol. The van der Waals surface area contributed by atoms with Crippen LogP contribution in [-0.2, 0) is 4.74 Å². The van der Waals surface area contributed by atoms with E-state index in [-0.39, 0.29) is 0 Å².